The van der Waals surface area contributed by atoms with Crippen LogP contribution in [0.25, 0.3) is 0 Å². The molecule has 21 heavy (non-hydrogen) atoms. The zero-order valence-electron chi connectivity index (χ0n) is 12.4. The minimum Gasteiger partial charge on any atom is -0.496 e. The normalized spacial score (nSPS) is 12.6. The third kappa shape index (κ3) is 3.77. The molecule has 5 nitrogen and oxygen atoms in total. The van der Waals surface area contributed by atoms with E-state index in [2.05, 4.69) is 17.3 Å². The van der Waals surface area contributed by atoms with Crippen LogP contribution in [0.15, 0.2) is 17.6 Å². The van der Waals surface area contributed by atoms with Crippen molar-refractivity contribution in [2.24, 2.45) is 0 Å². The van der Waals surface area contributed by atoms with Crippen LogP contribution < -0.4 is 10.1 Å². The maximum Gasteiger partial charge on any atom is 0.129 e. The van der Waals surface area contributed by atoms with Crippen LogP contribution in [-0.4, -0.2) is 37.2 Å². The third-order valence-corrected chi connectivity index (χ3v) is 4.41. The number of hydrogen-bond donors (Lipinski definition) is 1. The minimum atomic E-state index is -0.00393. The number of rotatable bonds is 8. The molecule has 0 amide bonds. The fourth-order valence-electron chi connectivity index (χ4n) is 2.14. The number of aromatic nitrogens is 2. The second kappa shape index (κ2) is 7.79. The Kier molecular flexibility index (Phi) is 6.05. The third-order valence-electron chi connectivity index (χ3n) is 3.14. The summed E-state index contributed by atoms with van der Waals surface area (Å²) in [7, 11) is 3.35. The zero-order valence-corrected chi connectivity index (χ0v) is 14.0. The number of thiophene rings is 1. The summed E-state index contributed by atoms with van der Waals surface area (Å²) in [5.74, 6) is 0.858. The van der Waals surface area contributed by atoms with E-state index in [1.807, 2.05) is 16.1 Å². The van der Waals surface area contributed by atoms with Gasteiger partial charge < -0.3 is 14.8 Å². The highest BCUT2D eigenvalue weighted by Gasteiger charge is 2.23. The average molecular weight is 330 g/mol. The van der Waals surface area contributed by atoms with Crippen molar-refractivity contribution in [3.05, 3.63) is 33.2 Å². The van der Waals surface area contributed by atoms with Crippen molar-refractivity contribution in [3.63, 3.8) is 0 Å². The van der Waals surface area contributed by atoms with Crippen molar-refractivity contribution in [1.29, 1.82) is 0 Å². The fraction of sp³-hybridized carbons (Fsp3) is 0.500. The lowest BCUT2D eigenvalue weighted by Gasteiger charge is -2.19. The van der Waals surface area contributed by atoms with Crippen LogP contribution in [0.2, 0.25) is 5.02 Å². The van der Waals surface area contributed by atoms with E-state index in [1.54, 1.807) is 31.8 Å². The van der Waals surface area contributed by atoms with E-state index in [-0.39, 0.29) is 6.04 Å². The fourth-order valence-corrected chi connectivity index (χ4v) is 3.33. The van der Waals surface area contributed by atoms with Crippen molar-refractivity contribution >= 4 is 22.9 Å². The van der Waals surface area contributed by atoms with Gasteiger partial charge in [0.15, 0.2) is 0 Å². The van der Waals surface area contributed by atoms with E-state index < -0.39 is 0 Å². The lowest BCUT2D eigenvalue weighted by atomic mass is 10.1. The summed E-state index contributed by atoms with van der Waals surface area (Å²) in [6, 6.07) is 2.03. The number of nitrogens with zero attached hydrogens (tertiary/aromatic N) is 2. The first-order chi connectivity index (χ1) is 10.2. The molecule has 2 aromatic heterocycles. The highest BCUT2D eigenvalue weighted by molar-refractivity contribution is 7.10. The summed E-state index contributed by atoms with van der Waals surface area (Å²) in [5, 5.41) is 10.5. The van der Waals surface area contributed by atoms with Gasteiger partial charge in [0, 0.05) is 17.4 Å². The SMILES string of the molecule is CCNC(c1cc(OC)cs1)c1c(Cl)cnn1CCOC. The van der Waals surface area contributed by atoms with Crippen LogP contribution in [0.5, 0.6) is 5.75 Å². The first-order valence-corrected chi connectivity index (χ1v) is 8.03. The maximum absolute atomic E-state index is 6.35. The van der Waals surface area contributed by atoms with Gasteiger partial charge in [0.2, 0.25) is 0 Å². The molecule has 116 valence electrons. The zero-order chi connectivity index (χ0) is 15.2. The van der Waals surface area contributed by atoms with Gasteiger partial charge in [-0.2, -0.15) is 5.10 Å². The van der Waals surface area contributed by atoms with Gasteiger partial charge in [0.25, 0.3) is 0 Å². The second-order valence-corrected chi connectivity index (χ2v) is 5.82. The lowest BCUT2D eigenvalue weighted by molar-refractivity contribution is 0.182. The number of nitrogens with one attached hydrogen (secondary N) is 1. The largest absolute Gasteiger partial charge is 0.496 e. The molecule has 0 fully saturated rings. The number of hydrogen-bond acceptors (Lipinski definition) is 5. The molecule has 1 unspecified atom stereocenters. The minimum absolute atomic E-state index is 0.00393. The molecule has 2 rings (SSSR count). The van der Waals surface area contributed by atoms with E-state index in [0.717, 1.165) is 22.9 Å². The van der Waals surface area contributed by atoms with Crippen molar-refractivity contribution < 1.29 is 9.47 Å². The van der Waals surface area contributed by atoms with E-state index in [9.17, 15) is 0 Å². The number of methoxy groups -OCH3 is 2. The quantitative estimate of drug-likeness (QED) is 0.809. The molecule has 1 N–H and O–H groups in total. The van der Waals surface area contributed by atoms with E-state index >= 15 is 0 Å². The van der Waals surface area contributed by atoms with E-state index in [1.165, 1.54) is 0 Å². The Bertz CT molecular complexity index is 570. The van der Waals surface area contributed by atoms with Gasteiger partial charge in [-0.15, -0.1) is 11.3 Å². The summed E-state index contributed by atoms with van der Waals surface area (Å²) in [6.07, 6.45) is 1.68. The van der Waals surface area contributed by atoms with Crippen LogP contribution in [0, 0.1) is 0 Å². The van der Waals surface area contributed by atoms with Gasteiger partial charge in [0.05, 0.1) is 43.2 Å². The predicted molar refractivity (Wildman–Crippen MR) is 85.5 cm³/mol. The Labute approximate surface area is 133 Å². The van der Waals surface area contributed by atoms with Crippen LogP contribution >= 0.6 is 22.9 Å². The summed E-state index contributed by atoms with van der Waals surface area (Å²) >= 11 is 8.00. The first-order valence-electron chi connectivity index (χ1n) is 6.77. The summed E-state index contributed by atoms with van der Waals surface area (Å²) in [5.41, 5.74) is 0.958. The predicted octanol–water partition coefficient (Wildman–Crippen LogP) is 2.95. The van der Waals surface area contributed by atoms with Gasteiger partial charge in [-0.3, -0.25) is 4.68 Å². The van der Waals surface area contributed by atoms with Crippen LogP contribution in [0.1, 0.15) is 23.5 Å². The topological polar surface area (TPSA) is 48.3 Å². The Hall–Kier alpha value is -1.08. The standard InChI is InChI=1S/C14H20ClN3O2S/c1-4-16-13(12-7-10(20-3)9-21-12)14-11(15)8-17-18(14)5-6-19-2/h7-9,13,16H,4-6H2,1-3H3. The van der Waals surface area contributed by atoms with Crippen LogP contribution in [0.3, 0.4) is 0 Å². The van der Waals surface area contributed by atoms with E-state index in [4.69, 9.17) is 21.1 Å². The van der Waals surface area contributed by atoms with Gasteiger partial charge in [-0.25, -0.2) is 0 Å². The van der Waals surface area contributed by atoms with Crippen molar-refractivity contribution in [2.45, 2.75) is 19.5 Å². The Morgan fingerprint density at radius 1 is 1.48 bits per heavy atom. The first kappa shape index (κ1) is 16.3. The molecule has 0 radical (unpaired) electrons. The van der Waals surface area contributed by atoms with Crippen LogP contribution in [0.4, 0.5) is 0 Å². The van der Waals surface area contributed by atoms with Gasteiger partial charge in [-0.05, 0) is 12.6 Å². The van der Waals surface area contributed by atoms with Gasteiger partial charge in [0.1, 0.15) is 5.75 Å². The molecule has 0 spiro atoms. The monoisotopic (exact) mass is 329 g/mol. The van der Waals surface area contributed by atoms with Crippen molar-refractivity contribution in [3.8, 4) is 5.75 Å². The molecule has 0 aliphatic rings. The Morgan fingerprint density at radius 2 is 2.29 bits per heavy atom. The number of halogens is 1. The van der Waals surface area contributed by atoms with E-state index in [0.29, 0.717) is 18.2 Å². The molecular weight excluding hydrogens is 310 g/mol. The van der Waals surface area contributed by atoms with Gasteiger partial charge >= 0.3 is 0 Å². The summed E-state index contributed by atoms with van der Waals surface area (Å²) < 4.78 is 12.3. The lowest BCUT2D eigenvalue weighted by Crippen LogP contribution is -2.25. The number of ether oxygens (including phenoxy) is 2. The second-order valence-electron chi connectivity index (χ2n) is 4.47. The Morgan fingerprint density at radius 3 is 2.90 bits per heavy atom. The Balaban J connectivity index is 2.35. The molecule has 2 aromatic rings. The highest BCUT2D eigenvalue weighted by atomic mass is 35.5. The highest BCUT2D eigenvalue weighted by Crippen LogP contribution is 2.34. The van der Waals surface area contributed by atoms with Gasteiger partial charge in [-0.1, -0.05) is 18.5 Å². The molecule has 0 aliphatic carbocycles. The smallest absolute Gasteiger partial charge is 0.129 e. The molecule has 2 heterocycles. The molecule has 0 aromatic carbocycles. The van der Waals surface area contributed by atoms with Crippen molar-refractivity contribution in [1.82, 2.24) is 15.1 Å². The molecule has 0 aliphatic heterocycles. The maximum atomic E-state index is 6.35. The molecule has 0 bridgehead atoms. The molecule has 7 heteroatoms. The van der Waals surface area contributed by atoms with Crippen molar-refractivity contribution in [2.75, 3.05) is 27.4 Å². The summed E-state index contributed by atoms with van der Waals surface area (Å²) in [4.78, 5) is 1.15. The molecule has 1 atom stereocenters. The average Bonchev–Trinajstić information content (AvgIpc) is 3.10. The van der Waals surface area contributed by atoms with Crippen LogP contribution in [-0.2, 0) is 11.3 Å². The molecular formula is C14H20ClN3O2S. The molecule has 0 saturated heterocycles. The summed E-state index contributed by atoms with van der Waals surface area (Å²) in [6.45, 7) is 4.17. The molecule has 0 saturated carbocycles.